The zero-order chi connectivity index (χ0) is 37.6. The molecule has 7 aromatic carbocycles. The van der Waals surface area contributed by atoms with Crippen LogP contribution in [0.4, 0.5) is 22.7 Å². The predicted octanol–water partition coefficient (Wildman–Crippen LogP) is 11.4. The number of benzene rings is 7. The van der Waals surface area contributed by atoms with Crippen LogP contribution < -0.4 is 21.4 Å². The Bertz CT molecular complexity index is 2520. The van der Waals surface area contributed by atoms with Crippen LogP contribution in [0.25, 0.3) is 28.0 Å². The number of rotatable bonds is 9. The summed E-state index contributed by atoms with van der Waals surface area (Å²) in [5, 5.41) is 7.59. The van der Waals surface area contributed by atoms with Crippen LogP contribution in [-0.2, 0) is 0 Å². The van der Waals surface area contributed by atoms with Gasteiger partial charge in [0.2, 0.25) is 0 Å². The number of para-hydroxylation sites is 3. The molecule has 0 radical (unpaired) electrons. The van der Waals surface area contributed by atoms with Gasteiger partial charge in [-0.2, -0.15) is 0 Å². The summed E-state index contributed by atoms with van der Waals surface area (Å²) in [5.41, 5.74) is 26.2. The van der Waals surface area contributed by atoms with Gasteiger partial charge in [-0.05, 0) is 81.9 Å². The fourth-order valence-electron chi connectivity index (χ4n) is 7.13. The van der Waals surface area contributed by atoms with E-state index in [1.54, 1.807) is 0 Å². The van der Waals surface area contributed by atoms with Gasteiger partial charge in [0.05, 0.1) is 11.4 Å². The monoisotopic (exact) mass is 711 g/mol. The number of amidine groups is 1. The van der Waals surface area contributed by atoms with Gasteiger partial charge in [-0.3, -0.25) is 4.90 Å². The first-order valence-corrected chi connectivity index (χ1v) is 18.4. The third-order valence-corrected chi connectivity index (χ3v) is 9.77. The van der Waals surface area contributed by atoms with Crippen LogP contribution in [0.2, 0.25) is 0 Å². The molecule has 0 bridgehead atoms. The lowest BCUT2D eigenvalue weighted by molar-refractivity contribution is 1.08. The van der Waals surface area contributed by atoms with Crippen molar-refractivity contribution in [2.45, 2.75) is 0 Å². The topological polar surface area (TPSA) is 70.9 Å². The van der Waals surface area contributed by atoms with Gasteiger partial charge in [0.15, 0.2) is 5.84 Å². The first-order chi connectivity index (χ1) is 27.1. The summed E-state index contributed by atoms with van der Waals surface area (Å²) >= 11 is 0. The third-order valence-electron chi connectivity index (χ3n) is 9.77. The summed E-state index contributed by atoms with van der Waals surface area (Å²) < 4.78 is 0. The molecule has 0 aliphatic carbocycles. The molecule has 1 aliphatic heterocycles. The number of hydrazone groups is 1. The molecule has 266 valence electrons. The second-order valence-corrected chi connectivity index (χ2v) is 13.2. The van der Waals surface area contributed by atoms with E-state index in [4.69, 9.17) is 23.1 Å². The SMILES string of the molecule is C=C1c2cc(-c3ccccc3N)c(C(=C/C(=C\CN)c3ccccc3)c3ccccc3)cc2N(c2ccccc2)N=C(c2ccccc2)N1c1ccccc1. The fraction of sp³-hybridized carbons (Fsp3) is 0.0200. The highest BCUT2D eigenvalue weighted by Gasteiger charge is 2.31. The highest BCUT2D eigenvalue weighted by molar-refractivity contribution is 6.19. The first kappa shape index (κ1) is 34.9. The predicted molar refractivity (Wildman–Crippen MR) is 233 cm³/mol. The van der Waals surface area contributed by atoms with Gasteiger partial charge in [0.1, 0.15) is 0 Å². The van der Waals surface area contributed by atoms with Gasteiger partial charge in [0, 0.05) is 40.3 Å². The Morgan fingerprint density at radius 2 is 1.13 bits per heavy atom. The standard InChI is InChI=1S/C50H41N5/c1-36-44-34-46(43-29-17-18-30-48(43)52)47(45(38-21-9-3-10-22-38)33-40(31-32-51)37-19-7-2-8-20-37)35-49(44)55(42-27-15-6-16-28-42)53-50(39-23-11-4-12-24-39)54(36)41-25-13-5-14-26-41/h2-31,33-35H,1,32,51-52H2/b40-31+,45-33?. The molecular weight excluding hydrogens is 671 g/mol. The van der Waals surface area contributed by atoms with E-state index < -0.39 is 0 Å². The Hall–Kier alpha value is -7.21. The molecule has 1 heterocycles. The van der Waals surface area contributed by atoms with Crippen molar-refractivity contribution in [2.24, 2.45) is 10.8 Å². The highest BCUT2D eigenvalue weighted by Crippen LogP contribution is 2.46. The second kappa shape index (κ2) is 15.8. The van der Waals surface area contributed by atoms with Crippen LogP contribution in [0, 0.1) is 0 Å². The number of nitrogen functional groups attached to an aromatic ring is 1. The molecule has 5 heteroatoms. The largest absolute Gasteiger partial charge is 0.398 e. The third kappa shape index (κ3) is 7.12. The van der Waals surface area contributed by atoms with Gasteiger partial charge >= 0.3 is 0 Å². The van der Waals surface area contributed by atoms with Gasteiger partial charge in [-0.15, -0.1) is 5.10 Å². The smallest absolute Gasteiger partial charge is 0.165 e. The molecule has 1 aliphatic rings. The zero-order valence-electron chi connectivity index (χ0n) is 30.5. The molecule has 4 N–H and O–H groups in total. The maximum absolute atomic E-state index is 6.86. The van der Waals surface area contributed by atoms with Gasteiger partial charge in [0.25, 0.3) is 0 Å². The summed E-state index contributed by atoms with van der Waals surface area (Å²) in [6.45, 7) is 5.22. The van der Waals surface area contributed by atoms with E-state index in [0.29, 0.717) is 12.2 Å². The van der Waals surface area contributed by atoms with Crippen LogP contribution in [-0.4, -0.2) is 12.4 Å². The van der Waals surface area contributed by atoms with Crippen molar-refractivity contribution in [1.29, 1.82) is 0 Å². The maximum Gasteiger partial charge on any atom is 0.165 e. The molecule has 0 aromatic heterocycles. The molecule has 0 amide bonds. The maximum atomic E-state index is 6.86. The number of hydrogen-bond donors (Lipinski definition) is 2. The number of anilines is 4. The van der Waals surface area contributed by atoms with E-state index in [-0.39, 0.29) is 0 Å². The summed E-state index contributed by atoms with van der Waals surface area (Å²) in [6, 6.07) is 64.3. The Kier molecular flexibility index (Phi) is 10.0. The normalized spacial score (nSPS) is 13.3. The molecule has 7 aromatic rings. The van der Waals surface area contributed by atoms with E-state index in [1.165, 1.54) is 0 Å². The average Bonchev–Trinajstić information content (AvgIpc) is 3.37. The number of allylic oxidation sites excluding steroid dienone is 2. The number of nitrogens with two attached hydrogens (primary N) is 2. The summed E-state index contributed by atoms with van der Waals surface area (Å²) in [4.78, 5) is 2.15. The van der Waals surface area contributed by atoms with E-state index in [1.807, 2.05) is 89.9 Å². The molecule has 0 fully saturated rings. The molecule has 8 rings (SSSR count). The molecular formula is C50H41N5. The van der Waals surface area contributed by atoms with Crippen molar-refractivity contribution in [1.82, 2.24) is 0 Å². The van der Waals surface area contributed by atoms with Crippen molar-refractivity contribution in [2.75, 3.05) is 22.2 Å². The van der Waals surface area contributed by atoms with Crippen LogP contribution in [0.15, 0.2) is 212 Å². The molecule has 0 saturated carbocycles. The number of fused-ring (bicyclic) bond motifs is 1. The van der Waals surface area contributed by atoms with Crippen LogP contribution in [0.5, 0.6) is 0 Å². The van der Waals surface area contributed by atoms with E-state index in [9.17, 15) is 0 Å². The van der Waals surface area contributed by atoms with Gasteiger partial charge < -0.3 is 11.5 Å². The molecule has 55 heavy (non-hydrogen) atoms. The molecule has 0 spiro atoms. The summed E-state index contributed by atoms with van der Waals surface area (Å²) in [5.74, 6) is 0.746. The highest BCUT2D eigenvalue weighted by atomic mass is 15.5. The fourth-order valence-corrected chi connectivity index (χ4v) is 7.13. The van der Waals surface area contributed by atoms with Crippen LogP contribution in [0.1, 0.15) is 27.8 Å². The summed E-state index contributed by atoms with van der Waals surface area (Å²) in [7, 11) is 0. The minimum atomic E-state index is 0.388. The quantitative estimate of drug-likeness (QED) is 0.116. The Morgan fingerprint density at radius 3 is 1.75 bits per heavy atom. The van der Waals surface area contributed by atoms with Crippen LogP contribution >= 0.6 is 0 Å². The first-order valence-electron chi connectivity index (χ1n) is 18.4. The minimum absolute atomic E-state index is 0.388. The number of nitrogens with zero attached hydrogens (tertiary/aromatic N) is 3. The van der Waals surface area contributed by atoms with Gasteiger partial charge in [-0.25, -0.2) is 5.01 Å². The van der Waals surface area contributed by atoms with Crippen molar-refractivity contribution in [3.63, 3.8) is 0 Å². The lowest BCUT2D eigenvalue weighted by atomic mass is 9.85. The van der Waals surface area contributed by atoms with Crippen molar-refractivity contribution in [3.8, 4) is 11.1 Å². The van der Waals surface area contributed by atoms with Crippen molar-refractivity contribution >= 4 is 45.4 Å². The molecule has 0 atom stereocenters. The Morgan fingerprint density at radius 1 is 0.582 bits per heavy atom. The average molecular weight is 712 g/mol. The van der Waals surface area contributed by atoms with Gasteiger partial charge in [-0.1, -0.05) is 158 Å². The van der Waals surface area contributed by atoms with Crippen LogP contribution in [0.3, 0.4) is 0 Å². The molecule has 5 nitrogen and oxygen atoms in total. The summed E-state index contributed by atoms with van der Waals surface area (Å²) in [6.07, 6.45) is 4.32. The van der Waals surface area contributed by atoms with E-state index >= 15 is 0 Å². The van der Waals surface area contributed by atoms with E-state index in [0.717, 1.165) is 78.7 Å². The zero-order valence-corrected chi connectivity index (χ0v) is 30.5. The van der Waals surface area contributed by atoms with Crippen molar-refractivity contribution in [3.05, 3.63) is 235 Å². The molecule has 0 unspecified atom stereocenters. The van der Waals surface area contributed by atoms with E-state index in [2.05, 4.69) is 120 Å². The molecule has 0 saturated heterocycles. The number of hydrogen-bond acceptors (Lipinski definition) is 5. The van der Waals surface area contributed by atoms with Crippen molar-refractivity contribution < 1.29 is 0 Å². The lowest BCUT2D eigenvalue weighted by Gasteiger charge is -2.27. The Balaban J connectivity index is 1.49. The lowest BCUT2D eigenvalue weighted by Crippen LogP contribution is -2.30. The second-order valence-electron chi connectivity index (χ2n) is 13.2. The Labute approximate surface area is 323 Å². The minimum Gasteiger partial charge on any atom is -0.398 e.